The van der Waals surface area contributed by atoms with Crippen LogP contribution in [0.2, 0.25) is 5.02 Å². The molecule has 0 saturated carbocycles. The van der Waals surface area contributed by atoms with Gasteiger partial charge in [-0.1, -0.05) is 35.9 Å². The molecule has 144 valence electrons. The normalized spacial score (nSPS) is 10.7. The highest BCUT2D eigenvalue weighted by molar-refractivity contribution is 6.31. The summed E-state index contributed by atoms with van der Waals surface area (Å²) in [5, 5.41) is 9.87. The Labute approximate surface area is 170 Å². The smallest absolute Gasteiger partial charge is 0.259 e. The van der Waals surface area contributed by atoms with Gasteiger partial charge in [-0.25, -0.2) is 0 Å². The van der Waals surface area contributed by atoms with E-state index in [0.717, 1.165) is 5.56 Å². The Hall–Kier alpha value is -3.78. The molecule has 1 aromatic carbocycles. The molecule has 0 aliphatic carbocycles. The number of nitrogens with one attached hydrogen (secondary N) is 2. The summed E-state index contributed by atoms with van der Waals surface area (Å²) in [5.41, 5.74) is 1.44. The van der Waals surface area contributed by atoms with Crippen LogP contribution in [0.5, 0.6) is 0 Å². The van der Waals surface area contributed by atoms with Crippen LogP contribution in [0.15, 0.2) is 71.8 Å². The third kappa shape index (κ3) is 4.22. The van der Waals surface area contributed by atoms with E-state index < -0.39 is 5.91 Å². The monoisotopic (exact) mass is 406 g/mol. The largest absolute Gasteiger partial charge is 0.310 e. The molecule has 0 radical (unpaired) electrons. The summed E-state index contributed by atoms with van der Waals surface area (Å²) >= 11 is 6.17. The Morgan fingerprint density at radius 3 is 2.72 bits per heavy atom. The zero-order chi connectivity index (χ0) is 20.2. The minimum Gasteiger partial charge on any atom is -0.310 e. The predicted molar refractivity (Wildman–Crippen MR) is 109 cm³/mol. The summed E-state index contributed by atoms with van der Waals surface area (Å²) < 4.78 is 1.42. The van der Waals surface area contributed by atoms with E-state index in [1.807, 2.05) is 24.3 Å². The van der Waals surface area contributed by atoms with Crippen molar-refractivity contribution in [3.05, 3.63) is 93.5 Å². The number of carbonyl (C=O) groups excluding carboxylic acids is 1. The van der Waals surface area contributed by atoms with Gasteiger partial charge in [0.1, 0.15) is 5.69 Å². The third-order valence-electron chi connectivity index (χ3n) is 4.16. The molecular weight excluding hydrogens is 392 g/mol. The molecule has 0 bridgehead atoms. The highest BCUT2D eigenvalue weighted by Crippen LogP contribution is 2.16. The maximum atomic E-state index is 12.6. The molecule has 29 heavy (non-hydrogen) atoms. The molecule has 1 amide bonds. The first-order valence-corrected chi connectivity index (χ1v) is 9.07. The van der Waals surface area contributed by atoms with Crippen molar-refractivity contribution in [1.82, 2.24) is 24.7 Å². The summed E-state index contributed by atoms with van der Waals surface area (Å²) in [6, 6.07) is 15.4. The standard InChI is InChI=1S/C20H15ClN6O2/c21-15-6-2-1-5-13(15)11-27-12-14(8-9-17(27)28)19(29)24-20-23-18(25-26-20)16-7-3-4-10-22-16/h1-10,12H,11H2,(H2,23,24,25,26,29). The molecule has 0 unspecified atom stereocenters. The molecule has 3 aromatic heterocycles. The number of anilines is 1. The number of aromatic amines is 1. The zero-order valence-electron chi connectivity index (χ0n) is 15.0. The van der Waals surface area contributed by atoms with Crippen LogP contribution in [0, 0.1) is 0 Å². The zero-order valence-corrected chi connectivity index (χ0v) is 15.8. The van der Waals surface area contributed by atoms with Gasteiger partial charge in [-0.15, -0.1) is 5.10 Å². The second-order valence-corrected chi connectivity index (χ2v) is 6.56. The Morgan fingerprint density at radius 2 is 1.93 bits per heavy atom. The molecule has 4 aromatic rings. The van der Waals surface area contributed by atoms with Crippen LogP contribution in [0.25, 0.3) is 11.5 Å². The van der Waals surface area contributed by atoms with Crippen molar-refractivity contribution in [1.29, 1.82) is 0 Å². The van der Waals surface area contributed by atoms with Crippen molar-refractivity contribution >= 4 is 23.5 Å². The molecule has 8 nitrogen and oxygen atoms in total. The van der Waals surface area contributed by atoms with Crippen LogP contribution in [0.3, 0.4) is 0 Å². The van der Waals surface area contributed by atoms with E-state index >= 15 is 0 Å². The number of amides is 1. The van der Waals surface area contributed by atoms with Crippen molar-refractivity contribution < 1.29 is 4.79 Å². The third-order valence-corrected chi connectivity index (χ3v) is 4.53. The van der Waals surface area contributed by atoms with E-state index in [1.165, 1.54) is 22.9 Å². The number of halogens is 1. The molecule has 0 aliphatic heterocycles. The van der Waals surface area contributed by atoms with E-state index in [9.17, 15) is 9.59 Å². The van der Waals surface area contributed by atoms with Gasteiger partial charge in [-0.2, -0.15) is 4.98 Å². The number of hydrogen-bond acceptors (Lipinski definition) is 5. The lowest BCUT2D eigenvalue weighted by molar-refractivity contribution is 0.102. The number of H-pyrrole nitrogens is 1. The minimum atomic E-state index is -0.440. The highest BCUT2D eigenvalue weighted by atomic mass is 35.5. The molecule has 9 heteroatoms. The Bertz CT molecular complexity index is 1220. The number of pyridine rings is 2. The van der Waals surface area contributed by atoms with Gasteiger partial charge in [0, 0.05) is 23.5 Å². The summed E-state index contributed by atoms with van der Waals surface area (Å²) in [7, 11) is 0. The topological polar surface area (TPSA) is 106 Å². The molecule has 0 saturated heterocycles. The highest BCUT2D eigenvalue weighted by Gasteiger charge is 2.13. The van der Waals surface area contributed by atoms with E-state index in [1.54, 1.807) is 24.4 Å². The fraction of sp³-hybridized carbons (Fsp3) is 0.0500. The summed E-state index contributed by atoms with van der Waals surface area (Å²) in [4.78, 5) is 33.2. The van der Waals surface area contributed by atoms with Crippen molar-refractivity contribution in [3.8, 4) is 11.5 Å². The number of hydrogen-bond donors (Lipinski definition) is 2. The first-order valence-electron chi connectivity index (χ1n) is 8.69. The van der Waals surface area contributed by atoms with Crippen LogP contribution in [0.1, 0.15) is 15.9 Å². The summed E-state index contributed by atoms with van der Waals surface area (Å²) in [6.07, 6.45) is 3.12. The molecule has 0 aliphatic rings. The molecule has 0 spiro atoms. The van der Waals surface area contributed by atoms with Crippen LogP contribution in [-0.4, -0.2) is 30.6 Å². The number of benzene rings is 1. The Morgan fingerprint density at radius 1 is 1.10 bits per heavy atom. The van der Waals surface area contributed by atoms with Gasteiger partial charge in [0.15, 0.2) is 5.82 Å². The number of nitrogens with zero attached hydrogens (tertiary/aromatic N) is 4. The van der Waals surface area contributed by atoms with Crippen LogP contribution < -0.4 is 10.9 Å². The van der Waals surface area contributed by atoms with Crippen molar-refractivity contribution in [2.24, 2.45) is 0 Å². The predicted octanol–water partition coefficient (Wildman–Crippen LogP) is 2.98. The van der Waals surface area contributed by atoms with Crippen LogP contribution >= 0.6 is 11.6 Å². The number of rotatable bonds is 5. The molecule has 3 heterocycles. The van der Waals surface area contributed by atoms with E-state index in [0.29, 0.717) is 22.1 Å². The van der Waals surface area contributed by atoms with Gasteiger partial charge in [-0.3, -0.25) is 25.0 Å². The first-order chi connectivity index (χ1) is 14.1. The van der Waals surface area contributed by atoms with Gasteiger partial charge >= 0.3 is 0 Å². The van der Waals surface area contributed by atoms with Gasteiger partial charge in [-0.05, 0) is 29.8 Å². The summed E-state index contributed by atoms with van der Waals surface area (Å²) in [6.45, 7) is 0.254. The van der Waals surface area contributed by atoms with Gasteiger partial charge in [0.05, 0.1) is 12.1 Å². The van der Waals surface area contributed by atoms with E-state index in [-0.39, 0.29) is 18.1 Å². The van der Waals surface area contributed by atoms with Gasteiger partial charge in [0.2, 0.25) is 5.95 Å². The van der Waals surface area contributed by atoms with Crippen molar-refractivity contribution in [2.75, 3.05) is 5.32 Å². The second kappa shape index (κ2) is 8.07. The molecule has 4 rings (SSSR count). The van der Waals surface area contributed by atoms with Crippen molar-refractivity contribution in [3.63, 3.8) is 0 Å². The first kappa shape index (κ1) is 18.6. The second-order valence-electron chi connectivity index (χ2n) is 6.15. The van der Waals surface area contributed by atoms with Crippen LogP contribution in [-0.2, 0) is 6.54 Å². The maximum absolute atomic E-state index is 12.6. The maximum Gasteiger partial charge on any atom is 0.259 e. The lowest BCUT2D eigenvalue weighted by Crippen LogP contribution is -2.23. The van der Waals surface area contributed by atoms with Crippen LogP contribution in [0.4, 0.5) is 5.95 Å². The number of carbonyl (C=O) groups is 1. The lowest BCUT2D eigenvalue weighted by Gasteiger charge is -2.09. The van der Waals surface area contributed by atoms with Crippen molar-refractivity contribution in [2.45, 2.75) is 6.54 Å². The Balaban J connectivity index is 1.53. The van der Waals surface area contributed by atoms with Gasteiger partial charge in [0.25, 0.3) is 11.5 Å². The molecule has 2 N–H and O–H groups in total. The average Bonchev–Trinajstić information content (AvgIpc) is 3.20. The number of aromatic nitrogens is 5. The summed E-state index contributed by atoms with van der Waals surface area (Å²) in [5.74, 6) is 0.105. The van der Waals surface area contributed by atoms with E-state index in [2.05, 4.69) is 25.5 Å². The fourth-order valence-corrected chi connectivity index (χ4v) is 2.90. The SMILES string of the molecule is O=C(Nc1n[nH]c(-c2ccccn2)n1)c1ccc(=O)n(Cc2ccccc2Cl)c1. The minimum absolute atomic E-state index is 0.111. The Kier molecular flexibility index (Phi) is 5.17. The fourth-order valence-electron chi connectivity index (χ4n) is 2.71. The van der Waals surface area contributed by atoms with E-state index in [4.69, 9.17) is 11.6 Å². The average molecular weight is 407 g/mol. The quantitative estimate of drug-likeness (QED) is 0.530. The molecule has 0 atom stereocenters. The van der Waals surface area contributed by atoms with Gasteiger partial charge < -0.3 is 4.57 Å². The molecular formula is C20H15ClN6O2. The lowest BCUT2D eigenvalue weighted by atomic mass is 10.2. The molecule has 0 fully saturated rings.